The highest BCUT2D eigenvalue weighted by molar-refractivity contribution is 4.82. The van der Waals surface area contributed by atoms with Crippen LogP contribution in [0.4, 0.5) is 0 Å². The van der Waals surface area contributed by atoms with Crippen molar-refractivity contribution >= 4 is 0 Å². The van der Waals surface area contributed by atoms with Crippen molar-refractivity contribution in [3.63, 3.8) is 0 Å². The van der Waals surface area contributed by atoms with Gasteiger partial charge in [-0.25, -0.2) is 0 Å². The van der Waals surface area contributed by atoms with Crippen LogP contribution in [0.3, 0.4) is 0 Å². The lowest BCUT2D eigenvalue weighted by Crippen LogP contribution is -2.38. The van der Waals surface area contributed by atoms with Gasteiger partial charge in [0.25, 0.3) is 0 Å². The SMILES string of the molecule is CNCC(C)(C)CN1CCC(C(C)C)C1. The molecule has 0 aromatic heterocycles. The van der Waals surface area contributed by atoms with Crippen LogP contribution in [0.1, 0.15) is 34.1 Å². The van der Waals surface area contributed by atoms with Gasteiger partial charge in [-0.15, -0.1) is 0 Å². The van der Waals surface area contributed by atoms with Crippen LogP contribution in [0.15, 0.2) is 0 Å². The van der Waals surface area contributed by atoms with Gasteiger partial charge >= 0.3 is 0 Å². The molecule has 0 spiro atoms. The monoisotopic (exact) mass is 212 g/mol. The average Bonchev–Trinajstić information content (AvgIpc) is 2.51. The van der Waals surface area contributed by atoms with Crippen molar-refractivity contribution in [3.05, 3.63) is 0 Å². The molecule has 0 saturated carbocycles. The number of rotatable bonds is 5. The van der Waals surface area contributed by atoms with Crippen LogP contribution in [-0.4, -0.2) is 38.1 Å². The molecule has 0 aromatic carbocycles. The van der Waals surface area contributed by atoms with Crippen molar-refractivity contribution in [1.29, 1.82) is 0 Å². The molecule has 0 aromatic rings. The topological polar surface area (TPSA) is 15.3 Å². The second-order valence-electron chi connectivity index (χ2n) is 6.22. The Labute approximate surface area is 95.4 Å². The molecule has 2 heteroatoms. The Kier molecular flexibility index (Phi) is 4.60. The summed E-state index contributed by atoms with van der Waals surface area (Å²) in [6.45, 7) is 14.4. The Morgan fingerprint density at radius 2 is 2.07 bits per heavy atom. The minimum absolute atomic E-state index is 0.403. The molecule has 0 aliphatic carbocycles. The van der Waals surface area contributed by atoms with Gasteiger partial charge < -0.3 is 10.2 Å². The Morgan fingerprint density at radius 3 is 2.53 bits per heavy atom. The number of nitrogens with zero attached hydrogens (tertiary/aromatic N) is 1. The predicted octanol–water partition coefficient (Wildman–Crippen LogP) is 2.21. The summed E-state index contributed by atoms with van der Waals surface area (Å²) < 4.78 is 0. The smallest absolute Gasteiger partial charge is 0.00449 e. The van der Waals surface area contributed by atoms with Gasteiger partial charge in [0.1, 0.15) is 0 Å². The lowest BCUT2D eigenvalue weighted by molar-refractivity contribution is 0.197. The standard InChI is InChI=1S/C13H28N2/c1-11(2)12-6-7-15(8-12)10-13(3,4)9-14-5/h11-12,14H,6-10H2,1-5H3. The van der Waals surface area contributed by atoms with Gasteiger partial charge in [-0.1, -0.05) is 27.7 Å². The lowest BCUT2D eigenvalue weighted by atomic mass is 9.92. The van der Waals surface area contributed by atoms with Crippen LogP contribution in [-0.2, 0) is 0 Å². The van der Waals surface area contributed by atoms with Gasteiger partial charge in [0.2, 0.25) is 0 Å². The zero-order chi connectivity index (χ0) is 11.5. The van der Waals surface area contributed by atoms with Crippen molar-refractivity contribution in [2.75, 3.05) is 33.2 Å². The third-order valence-corrected chi connectivity index (χ3v) is 3.56. The molecule has 0 amide bonds. The first-order chi connectivity index (χ1) is 6.94. The molecule has 1 atom stereocenters. The first kappa shape index (κ1) is 13.0. The Bertz CT molecular complexity index is 187. The molecule has 1 saturated heterocycles. The Balaban J connectivity index is 2.35. The molecular formula is C13H28N2. The van der Waals surface area contributed by atoms with Crippen molar-refractivity contribution < 1.29 is 0 Å². The summed E-state index contributed by atoms with van der Waals surface area (Å²) in [5.74, 6) is 1.78. The van der Waals surface area contributed by atoms with Crippen LogP contribution in [0.5, 0.6) is 0 Å². The molecular weight excluding hydrogens is 184 g/mol. The summed E-state index contributed by atoms with van der Waals surface area (Å²) in [7, 11) is 2.04. The van der Waals surface area contributed by atoms with Gasteiger partial charge in [0.15, 0.2) is 0 Å². The summed E-state index contributed by atoms with van der Waals surface area (Å²) in [5, 5.41) is 3.29. The lowest BCUT2D eigenvalue weighted by Gasteiger charge is -2.30. The highest BCUT2D eigenvalue weighted by Gasteiger charge is 2.28. The minimum Gasteiger partial charge on any atom is -0.319 e. The summed E-state index contributed by atoms with van der Waals surface area (Å²) in [6, 6.07) is 0. The van der Waals surface area contributed by atoms with E-state index in [1.165, 1.54) is 26.1 Å². The fourth-order valence-electron chi connectivity index (χ4n) is 2.69. The maximum absolute atomic E-state index is 3.29. The summed E-state index contributed by atoms with van der Waals surface area (Å²) in [4.78, 5) is 2.64. The second kappa shape index (κ2) is 5.31. The summed E-state index contributed by atoms with van der Waals surface area (Å²) >= 11 is 0. The van der Waals surface area contributed by atoms with Gasteiger partial charge in [-0.05, 0) is 37.3 Å². The average molecular weight is 212 g/mol. The molecule has 1 N–H and O–H groups in total. The highest BCUT2D eigenvalue weighted by atomic mass is 15.2. The fourth-order valence-corrected chi connectivity index (χ4v) is 2.69. The molecule has 1 aliphatic heterocycles. The highest BCUT2D eigenvalue weighted by Crippen LogP contribution is 2.26. The van der Waals surface area contributed by atoms with E-state index in [1.807, 2.05) is 7.05 Å². The Hall–Kier alpha value is -0.0800. The maximum atomic E-state index is 3.29. The number of hydrogen-bond acceptors (Lipinski definition) is 2. The van der Waals surface area contributed by atoms with Crippen molar-refractivity contribution in [1.82, 2.24) is 10.2 Å². The minimum atomic E-state index is 0.403. The summed E-state index contributed by atoms with van der Waals surface area (Å²) in [6.07, 6.45) is 1.40. The Morgan fingerprint density at radius 1 is 1.40 bits per heavy atom. The molecule has 0 radical (unpaired) electrons. The van der Waals surface area contributed by atoms with E-state index in [1.54, 1.807) is 0 Å². The van der Waals surface area contributed by atoms with E-state index >= 15 is 0 Å². The van der Waals surface area contributed by atoms with E-state index in [9.17, 15) is 0 Å². The van der Waals surface area contributed by atoms with Gasteiger partial charge in [0.05, 0.1) is 0 Å². The number of nitrogens with one attached hydrogen (secondary N) is 1. The van der Waals surface area contributed by atoms with Crippen LogP contribution in [0.25, 0.3) is 0 Å². The van der Waals surface area contributed by atoms with Crippen molar-refractivity contribution in [3.8, 4) is 0 Å². The number of hydrogen-bond donors (Lipinski definition) is 1. The number of likely N-dealkylation sites (tertiary alicyclic amines) is 1. The van der Waals surface area contributed by atoms with E-state index in [0.717, 1.165) is 18.4 Å². The molecule has 90 valence electrons. The second-order valence-corrected chi connectivity index (χ2v) is 6.22. The van der Waals surface area contributed by atoms with Crippen molar-refractivity contribution in [2.24, 2.45) is 17.3 Å². The molecule has 1 unspecified atom stereocenters. The van der Waals surface area contributed by atoms with Crippen LogP contribution in [0.2, 0.25) is 0 Å². The van der Waals surface area contributed by atoms with E-state index in [-0.39, 0.29) is 0 Å². The molecule has 1 fully saturated rings. The quantitative estimate of drug-likeness (QED) is 0.751. The van der Waals surface area contributed by atoms with Gasteiger partial charge in [0, 0.05) is 19.6 Å². The first-order valence-electron chi connectivity index (χ1n) is 6.31. The van der Waals surface area contributed by atoms with Gasteiger partial charge in [-0.3, -0.25) is 0 Å². The molecule has 1 aliphatic rings. The largest absolute Gasteiger partial charge is 0.319 e. The molecule has 2 nitrogen and oxygen atoms in total. The fraction of sp³-hybridized carbons (Fsp3) is 1.00. The molecule has 1 rings (SSSR count). The third kappa shape index (κ3) is 4.12. The van der Waals surface area contributed by atoms with Crippen LogP contribution in [0, 0.1) is 17.3 Å². The molecule has 15 heavy (non-hydrogen) atoms. The predicted molar refractivity (Wildman–Crippen MR) is 67.1 cm³/mol. The maximum Gasteiger partial charge on any atom is 0.00449 e. The normalized spacial score (nSPS) is 24.0. The summed E-state index contributed by atoms with van der Waals surface area (Å²) in [5.41, 5.74) is 0.403. The van der Waals surface area contributed by atoms with E-state index in [2.05, 4.69) is 37.9 Å². The zero-order valence-corrected chi connectivity index (χ0v) is 11.1. The van der Waals surface area contributed by atoms with E-state index in [0.29, 0.717) is 5.41 Å². The van der Waals surface area contributed by atoms with E-state index < -0.39 is 0 Å². The zero-order valence-electron chi connectivity index (χ0n) is 11.1. The third-order valence-electron chi connectivity index (χ3n) is 3.56. The van der Waals surface area contributed by atoms with Crippen molar-refractivity contribution in [2.45, 2.75) is 34.1 Å². The van der Waals surface area contributed by atoms with E-state index in [4.69, 9.17) is 0 Å². The van der Waals surface area contributed by atoms with Crippen LogP contribution >= 0.6 is 0 Å². The van der Waals surface area contributed by atoms with Gasteiger partial charge in [-0.2, -0.15) is 0 Å². The molecule has 0 bridgehead atoms. The first-order valence-corrected chi connectivity index (χ1v) is 6.31. The van der Waals surface area contributed by atoms with Crippen LogP contribution < -0.4 is 5.32 Å². The molecule has 1 heterocycles.